The van der Waals surface area contributed by atoms with Gasteiger partial charge in [-0.05, 0) is 35.4 Å². The van der Waals surface area contributed by atoms with Gasteiger partial charge in [-0.25, -0.2) is 20.7 Å². The van der Waals surface area contributed by atoms with Crippen molar-refractivity contribution in [3.8, 4) is 16.9 Å². The summed E-state index contributed by atoms with van der Waals surface area (Å²) in [6, 6.07) is 16.5. The summed E-state index contributed by atoms with van der Waals surface area (Å²) in [6.07, 6.45) is -5.93. The van der Waals surface area contributed by atoms with Gasteiger partial charge in [0, 0.05) is 11.1 Å². The Morgan fingerprint density at radius 2 is 1.69 bits per heavy atom. The Balaban J connectivity index is 1.59. The van der Waals surface area contributed by atoms with E-state index >= 15 is 0 Å². The van der Waals surface area contributed by atoms with E-state index in [1.807, 2.05) is 6.07 Å². The van der Waals surface area contributed by atoms with Gasteiger partial charge >= 0.3 is 6.18 Å². The highest BCUT2D eigenvalue weighted by Gasteiger charge is 2.42. The fourth-order valence-corrected chi connectivity index (χ4v) is 4.11. The minimum Gasteiger partial charge on any atom is -0.469 e. The van der Waals surface area contributed by atoms with Crippen molar-refractivity contribution in [2.24, 2.45) is 0 Å². The van der Waals surface area contributed by atoms with Crippen LogP contribution in [0.3, 0.4) is 0 Å². The number of halogens is 5. The van der Waals surface area contributed by atoms with E-state index in [1.54, 1.807) is 35.3 Å². The lowest BCUT2D eigenvalue weighted by Gasteiger charge is -2.38. The molecule has 5 nitrogen and oxygen atoms in total. The maximum absolute atomic E-state index is 14.0. The molecule has 0 radical (unpaired) electrons. The maximum atomic E-state index is 14.0. The van der Waals surface area contributed by atoms with E-state index < -0.39 is 35.6 Å². The van der Waals surface area contributed by atoms with Crippen LogP contribution >= 0.6 is 11.6 Å². The van der Waals surface area contributed by atoms with Gasteiger partial charge < -0.3 is 4.74 Å². The summed E-state index contributed by atoms with van der Waals surface area (Å²) in [7, 11) is 0. The van der Waals surface area contributed by atoms with Crippen LogP contribution in [0, 0.1) is 5.82 Å². The number of alkyl halides is 4. The number of nitrogens with zero attached hydrogens (tertiary/aromatic N) is 1. The maximum Gasteiger partial charge on any atom is 0.416 e. The summed E-state index contributed by atoms with van der Waals surface area (Å²) < 4.78 is 60.4. The number of fused-ring (bicyclic) bond motifs is 3. The van der Waals surface area contributed by atoms with E-state index in [0.29, 0.717) is 22.3 Å². The Hall–Kier alpha value is -2.69. The molecule has 3 unspecified atom stereocenters. The molecule has 1 saturated heterocycles. The number of rotatable bonds is 3. The highest BCUT2D eigenvalue weighted by molar-refractivity contribution is 6.20. The topological polar surface area (TPSA) is 48.6 Å². The number of nitrogens with one attached hydrogen (secondary N) is 3. The third kappa shape index (κ3) is 3.82. The summed E-state index contributed by atoms with van der Waals surface area (Å²) in [5, 5.41) is 1.57. The van der Waals surface area contributed by atoms with Crippen molar-refractivity contribution >= 4 is 11.6 Å². The molecule has 2 aliphatic heterocycles. The van der Waals surface area contributed by atoms with E-state index in [2.05, 4.69) is 16.3 Å². The van der Waals surface area contributed by atoms with E-state index in [0.717, 1.165) is 12.1 Å². The summed E-state index contributed by atoms with van der Waals surface area (Å²) in [6.45, 7) is 0. The van der Waals surface area contributed by atoms with Crippen molar-refractivity contribution in [1.82, 2.24) is 21.3 Å². The van der Waals surface area contributed by atoms with E-state index in [-0.39, 0.29) is 5.75 Å². The van der Waals surface area contributed by atoms with Gasteiger partial charge in [0.1, 0.15) is 17.7 Å². The Bertz CT molecular complexity index is 1140. The molecule has 166 valence electrons. The van der Waals surface area contributed by atoms with Crippen LogP contribution in [0.15, 0.2) is 66.7 Å². The molecule has 2 aliphatic rings. The summed E-state index contributed by atoms with van der Waals surface area (Å²) in [5.74, 6) is -0.420. The highest BCUT2D eigenvalue weighted by Crippen LogP contribution is 2.41. The molecule has 0 aliphatic carbocycles. The zero-order chi connectivity index (χ0) is 22.5. The molecule has 10 heteroatoms. The molecule has 3 atom stereocenters. The lowest BCUT2D eigenvalue weighted by molar-refractivity contribution is -0.137. The zero-order valence-electron chi connectivity index (χ0n) is 16.3. The van der Waals surface area contributed by atoms with Crippen LogP contribution in [-0.2, 0) is 6.18 Å². The zero-order valence-corrected chi connectivity index (χ0v) is 17.1. The van der Waals surface area contributed by atoms with Crippen LogP contribution in [0.2, 0.25) is 0 Å². The molecule has 0 aromatic heterocycles. The van der Waals surface area contributed by atoms with Crippen LogP contribution in [-0.4, -0.2) is 10.6 Å². The average Bonchev–Trinajstić information content (AvgIpc) is 3.14. The largest absolute Gasteiger partial charge is 0.469 e. The van der Waals surface area contributed by atoms with Gasteiger partial charge in [0.15, 0.2) is 11.9 Å². The van der Waals surface area contributed by atoms with Crippen molar-refractivity contribution in [2.75, 3.05) is 0 Å². The van der Waals surface area contributed by atoms with Crippen molar-refractivity contribution < 1.29 is 22.3 Å². The number of ether oxygens (including phenoxy) is 1. The first kappa shape index (κ1) is 21.2. The molecule has 5 rings (SSSR count). The van der Waals surface area contributed by atoms with Gasteiger partial charge in [-0.1, -0.05) is 54.1 Å². The van der Waals surface area contributed by atoms with Crippen molar-refractivity contribution in [1.29, 1.82) is 0 Å². The number of benzene rings is 3. The predicted molar refractivity (Wildman–Crippen MR) is 110 cm³/mol. The van der Waals surface area contributed by atoms with Crippen molar-refractivity contribution in [3.05, 3.63) is 89.2 Å². The van der Waals surface area contributed by atoms with Crippen LogP contribution in [0.4, 0.5) is 17.6 Å². The highest BCUT2D eigenvalue weighted by atomic mass is 35.5. The number of hydrazine groups is 2. The lowest BCUT2D eigenvalue weighted by Crippen LogP contribution is -2.50. The first-order valence-electron chi connectivity index (χ1n) is 9.73. The normalized spacial score (nSPS) is 23.0. The van der Waals surface area contributed by atoms with Gasteiger partial charge in [-0.3, -0.25) is 0 Å². The molecule has 3 N–H and O–H groups in total. The molecule has 0 saturated carbocycles. The van der Waals surface area contributed by atoms with Crippen LogP contribution in [0.25, 0.3) is 11.1 Å². The van der Waals surface area contributed by atoms with Gasteiger partial charge in [-0.15, -0.1) is 0 Å². The fraction of sp³-hybridized carbons (Fsp3) is 0.182. The van der Waals surface area contributed by atoms with Crippen LogP contribution < -0.4 is 21.0 Å². The first-order valence-corrected chi connectivity index (χ1v) is 10.2. The van der Waals surface area contributed by atoms with E-state index in [4.69, 9.17) is 16.3 Å². The third-order valence-corrected chi connectivity index (χ3v) is 5.71. The summed E-state index contributed by atoms with van der Waals surface area (Å²) in [5.41, 5.74) is 9.64. The minimum absolute atomic E-state index is 0.0310. The minimum atomic E-state index is -4.54. The summed E-state index contributed by atoms with van der Waals surface area (Å²) >= 11 is 6.26. The van der Waals surface area contributed by atoms with Gasteiger partial charge in [-0.2, -0.15) is 18.2 Å². The monoisotopic (exact) mass is 464 g/mol. The molecular formula is C22H17ClF4N4O. The smallest absolute Gasteiger partial charge is 0.416 e. The Labute approximate surface area is 185 Å². The van der Waals surface area contributed by atoms with Crippen molar-refractivity contribution in [2.45, 2.75) is 24.2 Å². The molecule has 2 heterocycles. The first-order chi connectivity index (χ1) is 15.3. The fourth-order valence-electron chi connectivity index (χ4n) is 3.88. The second-order valence-corrected chi connectivity index (χ2v) is 7.82. The SMILES string of the molecule is Fc1ccc2c(c1)C1NNC(Cl)N1NC2Oc1cc(C(F)(F)F)ccc1-c1ccccc1. The van der Waals surface area contributed by atoms with Crippen LogP contribution in [0.1, 0.15) is 29.1 Å². The molecule has 3 aromatic carbocycles. The van der Waals surface area contributed by atoms with E-state index in [1.165, 1.54) is 18.2 Å². The standard InChI is InChI=1S/C22H17ClF4N4O/c23-21-29-28-19-17-11-14(24)7-9-16(17)20(30-31(19)21)32-18-10-13(22(25,26)27)6-8-15(18)12-4-2-1-3-5-12/h1-11,19-21,28-30H. The van der Waals surface area contributed by atoms with Gasteiger partial charge in [0.05, 0.1) is 5.56 Å². The van der Waals surface area contributed by atoms with Crippen molar-refractivity contribution in [3.63, 3.8) is 0 Å². The average molecular weight is 465 g/mol. The molecule has 0 spiro atoms. The second-order valence-electron chi connectivity index (χ2n) is 7.41. The molecule has 3 aromatic rings. The Kier molecular flexibility index (Phi) is 5.31. The molecular weight excluding hydrogens is 448 g/mol. The third-order valence-electron chi connectivity index (χ3n) is 5.39. The quantitative estimate of drug-likeness (QED) is 0.288. The van der Waals surface area contributed by atoms with Crippen LogP contribution in [0.5, 0.6) is 5.75 Å². The number of hydrogen-bond donors (Lipinski definition) is 3. The second kappa shape index (κ2) is 8.02. The molecule has 32 heavy (non-hydrogen) atoms. The Morgan fingerprint density at radius 3 is 2.44 bits per heavy atom. The summed E-state index contributed by atoms with van der Waals surface area (Å²) in [4.78, 5) is 0. The Morgan fingerprint density at radius 1 is 0.906 bits per heavy atom. The number of hydrogen-bond acceptors (Lipinski definition) is 5. The predicted octanol–water partition coefficient (Wildman–Crippen LogP) is 5.04. The van der Waals surface area contributed by atoms with Gasteiger partial charge in [0.2, 0.25) is 0 Å². The lowest BCUT2D eigenvalue weighted by atomic mass is 10.0. The molecule has 1 fully saturated rings. The van der Waals surface area contributed by atoms with Gasteiger partial charge in [0.25, 0.3) is 0 Å². The van der Waals surface area contributed by atoms with E-state index in [9.17, 15) is 17.6 Å². The molecule has 0 amide bonds. The molecule has 0 bridgehead atoms.